The minimum absolute atomic E-state index is 0.0573. The summed E-state index contributed by atoms with van der Waals surface area (Å²) < 4.78 is 9.87. The van der Waals surface area contributed by atoms with Crippen LogP contribution in [-0.4, -0.2) is 48.6 Å². The third kappa shape index (κ3) is 8.13. The van der Waals surface area contributed by atoms with Crippen LogP contribution in [0.3, 0.4) is 0 Å². The van der Waals surface area contributed by atoms with Gasteiger partial charge in [0.05, 0.1) is 7.11 Å². The molecule has 0 saturated heterocycles. The van der Waals surface area contributed by atoms with E-state index in [2.05, 4.69) is 16.0 Å². The predicted molar refractivity (Wildman–Crippen MR) is 130 cm³/mol. The maximum absolute atomic E-state index is 13.3. The van der Waals surface area contributed by atoms with E-state index < -0.39 is 41.5 Å². The molecule has 0 radical (unpaired) electrons. The van der Waals surface area contributed by atoms with Crippen molar-refractivity contribution in [2.75, 3.05) is 7.11 Å². The highest BCUT2D eigenvalue weighted by molar-refractivity contribution is 5.95. The average molecular weight is 484 g/mol. The Morgan fingerprint density at radius 2 is 1.43 bits per heavy atom. The minimum atomic E-state index is -1.37. The monoisotopic (exact) mass is 483 g/mol. The lowest BCUT2D eigenvalue weighted by atomic mass is 9.86. The van der Waals surface area contributed by atoms with Gasteiger partial charge in [-0.25, -0.2) is 9.59 Å². The molecular weight excluding hydrogens is 450 g/mol. The third-order valence-electron chi connectivity index (χ3n) is 5.59. The zero-order valence-corrected chi connectivity index (χ0v) is 20.5. The highest BCUT2D eigenvalue weighted by atomic mass is 16.5. The van der Waals surface area contributed by atoms with Crippen molar-refractivity contribution >= 4 is 23.9 Å². The Morgan fingerprint density at radius 1 is 0.857 bits per heavy atom. The van der Waals surface area contributed by atoms with Crippen LogP contribution in [-0.2, 0) is 36.9 Å². The molecule has 9 nitrogen and oxygen atoms in total. The molecule has 0 unspecified atom stereocenters. The van der Waals surface area contributed by atoms with E-state index in [0.29, 0.717) is 0 Å². The van der Waals surface area contributed by atoms with Gasteiger partial charge in [-0.3, -0.25) is 9.59 Å². The molecule has 0 aromatic heterocycles. The summed E-state index contributed by atoms with van der Waals surface area (Å²) in [7, 11) is 1.23. The lowest BCUT2D eigenvalue weighted by Crippen LogP contribution is -2.64. The van der Waals surface area contributed by atoms with Crippen molar-refractivity contribution in [2.24, 2.45) is 0 Å². The van der Waals surface area contributed by atoms with Gasteiger partial charge in [0, 0.05) is 6.42 Å². The lowest BCUT2D eigenvalue weighted by molar-refractivity contribution is -0.145. The summed E-state index contributed by atoms with van der Waals surface area (Å²) in [5.74, 6) is -1.71. The van der Waals surface area contributed by atoms with Crippen molar-refractivity contribution in [2.45, 2.75) is 57.8 Å². The van der Waals surface area contributed by atoms with E-state index in [9.17, 15) is 19.2 Å². The van der Waals surface area contributed by atoms with Gasteiger partial charge in [-0.15, -0.1) is 0 Å². The molecule has 0 aliphatic carbocycles. The van der Waals surface area contributed by atoms with Crippen LogP contribution >= 0.6 is 0 Å². The van der Waals surface area contributed by atoms with Gasteiger partial charge >= 0.3 is 12.1 Å². The largest absolute Gasteiger partial charge is 0.467 e. The highest BCUT2D eigenvalue weighted by Gasteiger charge is 2.40. The topological polar surface area (TPSA) is 123 Å². The average Bonchev–Trinajstić information content (AvgIpc) is 2.87. The molecule has 0 heterocycles. The summed E-state index contributed by atoms with van der Waals surface area (Å²) in [6.07, 6.45) is -0.343. The standard InChI is InChI=1S/C26H33N3O6/c1-5-26(16-20-12-8-6-9-13-20,24(32)27-19(3)23(31)34-4)29-22(30)18(2)28-25(33)35-17-21-14-10-7-11-15-21/h6-15,18-19H,5,16-17H2,1-4H3,(H,27,32)(H,28,33)(H,29,30)/t18-,19-,26-/m1/s1. The minimum Gasteiger partial charge on any atom is -0.467 e. The van der Waals surface area contributed by atoms with Crippen LogP contribution in [0.2, 0.25) is 0 Å². The Bertz CT molecular complexity index is 999. The number of hydrogen-bond donors (Lipinski definition) is 3. The van der Waals surface area contributed by atoms with E-state index in [1.807, 2.05) is 60.7 Å². The van der Waals surface area contributed by atoms with E-state index in [4.69, 9.17) is 9.47 Å². The molecule has 2 rings (SSSR count). The van der Waals surface area contributed by atoms with E-state index in [0.717, 1.165) is 11.1 Å². The van der Waals surface area contributed by atoms with Gasteiger partial charge in [0.1, 0.15) is 24.2 Å². The summed E-state index contributed by atoms with van der Waals surface area (Å²) in [6.45, 7) is 4.82. The SMILES string of the molecule is CC[C@](Cc1ccccc1)(NC(=O)[C@@H](C)NC(=O)OCc1ccccc1)C(=O)N[C@H](C)C(=O)OC. The Kier molecular flexibility index (Phi) is 10.3. The first-order valence-corrected chi connectivity index (χ1v) is 11.4. The second-order valence-electron chi connectivity index (χ2n) is 8.23. The number of hydrogen-bond acceptors (Lipinski definition) is 6. The molecular formula is C26H33N3O6. The number of methoxy groups -OCH3 is 1. The molecule has 0 fully saturated rings. The Balaban J connectivity index is 2.12. The summed E-state index contributed by atoms with van der Waals surface area (Å²) in [6, 6.07) is 16.5. The first-order valence-electron chi connectivity index (χ1n) is 11.4. The first-order chi connectivity index (χ1) is 16.7. The van der Waals surface area contributed by atoms with Crippen molar-refractivity contribution in [1.82, 2.24) is 16.0 Å². The van der Waals surface area contributed by atoms with Gasteiger partial charge in [-0.05, 0) is 31.4 Å². The highest BCUT2D eigenvalue weighted by Crippen LogP contribution is 2.19. The molecule has 188 valence electrons. The number of benzene rings is 2. The quantitative estimate of drug-likeness (QED) is 0.422. The third-order valence-corrected chi connectivity index (χ3v) is 5.59. The number of amides is 3. The molecule has 0 aliphatic heterocycles. The lowest BCUT2D eigenvalue weighted by Gasteiger charge is -2.34. The predicted octanol–water partition coefficient (Wildman–Crippen LogP) is 2.49. The Hall–Kier alpha value is -3.88. The van der Waals surface area contributed by atoms with E-state index in [-0.39, 0.29) is 19.4 Å². The maximum atomic E-state index is 13.3. The summed E-state index contributed by atoms with van der Waals surface area (Å²) in [5, 5.41) is 7.91. The zero-order chi connectivity index (χ0) is 25.8. The number of ether oxygens (including phenoxy) is 2. The number of alkyl carbamates (subject to hydrolysis) is 1. The Morgan fingerprint density at radius 3 is 1.97 bits per heavy atom. The maximum Gasteiger partial charge on any atom is 0.408 e. The summed E-state index contributed by atoms with van der Waals surface area (Å²) in [5.41, 5.74) is 0.257. The smallest absolute Gasteiger partial charge is 0.408 e. The van der Waals surface area contributed by atoms with Gasteiger partial charge in [-0.2, -0.15) is 0 Å². The summed E-state index contributed by atoms with van der Waals surface area (Å²) >= 11 is 0. The van der Waals surface area contributed by atoms with Crippen LogP contribution in [0.1, 0.15) is 38.3 Å². The van der Waals surface area contributed by atoms with Crippen LogP contribution in [0.25, 0.3) is 0 Å². The van der Waals surface area contributed by atoms with Gasteiger partial charge in [0.2, 0.25) is 11.8 Å². The molecule has 2 aromatic rings. The fraction of sp³-hybridized carbons (Fsp3) is 0.385. The van der Waals surface area contributed by atoms with Crippen molar-refractivity contribution in [1.29, 1.82) is 0 Å². The fourth-order valence-electron chi connectivity index (χ4n) is 3.42. The first kappa shape index (κ1) is 27.4. The fourth-order valence-corrected chi connectivity index (χ4v) is 3.42. The van der Waals surface area contributed by atoms with E-state index in [1.54, 1.807) is 6.92 Å². The van der Waals surface area contributed by atoms with Gasteiger partial charge in [-0.1, -0.05) is 67.6 Å². The molecule has 0 aliphatic rings. The van der Waals surface area contributed by atoms with Crippen LogP contribution in [0.15, 0.2) is 60.7 Å². The molecule has 9 heteroatoms. The second kappa shape index (κ2) is 13.1. The van der Waals surface area contributed by atoms with Gasteiger partial charge < -0.3 is 25.4 Å². The van der Waals surface area contributed by atoms with Crippen molar-refractivity contribution < 1.29 is 28.7 Å². The van der Waals surface area contributed by atoms with Crippen LogP contribution < -0.4 is 16.0 Å². The van der Waals surface area contributed by atoms with Gasteiger partial charge in [0.25, 0.3) is 0 Å². The van der Waals surface area contributed by atoms with Crippen molar-refractivity contribution in [3.63, 3.8) is 0 Å². The van der Waals surface area contributed by atoms with Crippen LogP contribution in [0, 0.1) is 0 Å². The molecule has 2 aromatic carbocycles. The van der Waals surface area contributed by atoms with E-state index >= 15 is 0 Å². The molecule has 3 amide bonds. The second-order valence-corrected chi connectivity index (χ2v) is 8.23. The number of carbonyl (C=O) groups excluding carboxylic acids is 4. The molecule has 3 atom stereocenters. The summed E-state index contributed by atoms with van der Waals surface area (Å²) in [4.78, 5) is 50.4. The number of carbonyl (C=O) groups is 4. The van der Waals surface area contributed by atoms with E-state index in [1.165, 1.54) is 21.0 Å². The molecule has 0 spiro atoms. The zero-order valence-electron chi connectivity index (χ0n) is 20.5. The van der Waals surface area contributed by atoms with Crippen molar-refractivity contribution in [3.05, 3.63) is 71.8 Å². The van der Waals surface area contributed by atoms with Crippen LogP contribution in [0.5, 0.6) is 0 Å². The molecule has 0 bridgehead atoms. The number of nitrogens with one attached hydrogen (secondary N) is 3. The molecule has 35 heavy (non-hydrogen) atoms. The molecule has 3 N–H and O–H groups in total. The number of rotatable bonds is 11. The van der Waals surface area contributed by atoms with Gasteiger partial charge in [0.15, 0.2) is 0 Å². The van der Waals surface area contributed by atoms with Crippen LogP contribution in [0.4, 0.5) is 4.79 Å². The molecule has 0 saturated carbocycles. The normalized spacial score (nSPS) is 13.9. The number of esters is 1. The Labute approximate surface area is 205 Å². The van der Waals surface area contributed by atoms with Crippen molar-refractivity contribution in [3.8, 4) is 0 Å².